The maximum absolute atomic E-state index is 11.9. The lowest BCUT2D eigenvalue weighted by molar-refractivity contribution is -0.163. The number of rotatable bonds is 9. The van der Waals surface area contributed by atoms with Gasteiger partial charge in [0.25, 0.3) is 0 Å². The number of carbonyl (C=O) groups excluding carboxylic acids is 1. The van der Waals surface area contributed by atoms with Gasteiger partial charge in [0.15, 0.2) is 6.10 Å². The number of unbranched alkanes of at least 4 members (excludes halogenated alkanes) is 1. The summed E-state index contributed by atoms with van der Waals surface area (Å²) in [4.78, 5) is 11.9. The molecule has 0 rings (SSSR count). The molecule has 4 nitrogen and oxygen atoms in total. The maximum atomic E-state index is 11.9. The molecule has 0 heterocycles. The van der Waals surface area contributed by atoms with Crippen molar-refractivity contribution < 1.29 is 19.0 Å². The van der Waals surface area contributed by atoms with E-state index in [-0.39, 0.29) is 18.0 Å². The standard InChI is InChI=1S/C14H28O4/c1-7-8-9-18-14(15)13(17-6)11(4)12(16-5)10(2)3/h10-13H,7-9H2,1-6H3. The molecule has 0 aliphatic heterocycles. The van der Waals surface area contributed by atoms with Gasteiger partial charge in [0, 0.05) is 20.1 Å². The molecule has 0 spiro atoms. The molecule has 0 aliphatic rings. The lowest BCUT2D eigenvalue weighted by atomic mass is 9.90. The second-order valence-corrected chi connectivity index (χ2v) is 4.98. The highest BCUT2D eigenvalue weighted by atomic mass is 16.6. The Labute approximate surface area is 111 Å². The average Bonchev–Trinajstić information content (AvgIpc) is 2.30. The first-order chi connectivity index (χ1) is 8.49. The number of hydrogen-bond donors (Lipinski definition) is 0. The molecule has 4 heteroatoms. The minimum atomic E-state index is -0.561. The van der Waals surface area contributed by atoms with Crippen LogP contribution in [0.1, 0.15) is 40.5 Å². The predicted molar refractivity (Wildman–Crippen MR) is 71.5 cm³/mol. The summed E-state index contributed by atoms with van der Waals surface area (Å²) < 4.78 is 15.9. The van der Waals surface area contributed by atoms with E-state index in [1.165, 1.54) is 7.11 Å². The van der Waals surface area contributed by atoms with Gasteiger partial charge in [0.2, 0.25) is 0 Å². The average molecular weight is 260 g/mol. The van der Waals surface area contributed by atoms with Crippen LogP contribution in [-0.2, 0) is 19.0 Å². The summed E-state index contributed by atoms with van der Waals surface area (Å²) >= 11 is 0. The Morgan fingerprint density at radius 1 is 1.11 bits per heavy atom. The van der Waals surface area contributed by atoms with Crippen molar-refractivity contribution in [2.45, 2.75) is 52.7 Å². The van der Waals surface area contributed by atoms with Crippen LogP contribution in [0.3, 0.4) is 0 Å². The van der Waals surface area contributed by atoms with Crippen molar-refractivity contribution in [3.05, 3.63) is 0 Å². The van der Waals surface area contributed by atoms with Crippen molar-refractivity contribution in [1.82, 2.24) is 0 Å². The summed E-state index contributed by atoms with van der Waals surface area (Å²) in [5, 5.41) is 0. The van der Waals surface area contributed by atoms with Gasteiger partial charge in [-0.2, -0.15) is 0 Å². The molecular formula is C14H28O4. The number of methoxy groups -OCH3 is 2. The van der Waals surface area contributed by atoms with Crippen LogP contribution in [-0.4, -0.2) is 39.0 Å². The second-order valence-electron chi connectivity index (χ2n) is 4.98. The van der Waals surface area contributed by atoms with E-state index < -0.39 is 6.10 Å². The smallest absolute Gasteiger partial charge is 0.335 e. The lowest BCUT2D eigenvalue weighted by Crippen LogP contribution is -2.41. The minimum absolute atomic E-state index is 0.0197. The van der Waals surface area contributed by atoms with Gasteiger partial charge in [0.05, 0.1) is 12.7 Å². The van der Waals surface area contributed by atoms with E-state index in [2.05, 4.69) is 20.8 Å². The Morgan fingerprint density at radius 3 is 2.11 bits per heavy atom. The monoisotopic (exact) mass is 260 g/mol. The van der Waals surface area contributed by atoms with Crippen LogP contribution in [0.2, 0.25) is 0 Å². The quantitative estimate of drug-likeness (QED) is 0.472. The largest absolute Gasteiger partial charge is 0.464 e. The fourth-order valence-corrected chi connectivity index (χ4v) is 2.19. The van der Waals surface area contributed by atoms with Crippen LogP contribution in [0.4, 0.5) is 0 Å². The molecule has 0 aromatic carbocycles. The van der Waals surface area contributed by atoms with Crippen LogP contribution in [0.25, 0.3) is 0 Å². The molecule has 0 N–H and O–H groups in total. The molecule has 0 amide bonds. The molecule has 108 valence electrons. The molecule has 0 saturated heterocycles. The molecule has 0 saturated carbocycles. The number of carbonyl (C=O) groups is 1. The van der Waals surface area contributed by atoms with Gasteiger partial charge in [0.1, 0.15) is 0 Å². The van der Waals surface area contributed by atoms with Crippen LogP contribution >= 0.6 is 0 Å². The molecule has 18 heavy (non-hydrogen) atoms. The third-order valence-electron chi connectivity index (χ3n) is 3.15. The Balaban J connectivity index is 4.49. The van der Waals surface area contributed by atoms with E-state index in [1.54, 1.807) is 7.11 Å². The topological polar surface area (TPSA) is 44.8 Å². The van der Waals surface area contributed by atoms with Gasteiger partial charge in [-0.1, -0.05) is 34.1 Å². The van der Waals surface area contributed by atoms with Gasteiger partial charge >= 0.3 is 5.97 Å². The van der Waals surface area contributed by atoms with Gasteiger partial charge in [-0.25, -0.2) is 4.79 Å². The maximum Gasteiger partial charge on any atom is 0.335 e. The van der Waals surface area contributed by atoms with Crippen molar-refractivity contribution in [1.29, 1.82) is 0 Å². The van der Waals surface area contributed by atoms with Crippen LogP contribution in [0.15, 0.2) is 0 Å². The zero-order valence-electron chi connectivity index (χ0n) is 12.6. The summed E-state index contributed by atoms with van der Waals surface area (Å²) in [7, 11) is 3.20. The molecule has 3 atom stereocenters. The number of ether oxygens (including phenoxy) is 3. The third kappa shape index (κ3) is 5.36. The lowest BCUT2D eigenvalue weighted by Gasteiger charge is -2.30. The van der Waals surface area contributed by atoms with Gasteiger partial charge in [-0.05, 0) is 12.3 Å². The fourth-order valence-electron chi connectivity index (χ4n) is 2.19. The molecule has 0 radical (unpaired) electrons. The van der Waals surface area contributed by atoms with E-state index in [1.807, 2.05) is 6.92 Å². The van der Waals surface area contributed by atoms with Gasteiger partial charge in [-0.3, -0.25) is 0 Å². The summed E-state index contributed by atoms with van der Waals surface area (Å²) in [5.41, 5.74) is 0. The Kier molecular flexibility index (Phi) is 9.02. The molecule has 3 unspecified atom stereocenters. The molecule has 0 fully saturated rings. The number of esters is 1. The zero-order valence-corrected chi connectivity index (χ0v) is 12.6. The van der Waals surface area contributed by atoms with E-state index in [0.717, 1.165) is 12.8 Å². The Hall–Kier alpha value is -0.610. The summed E-state index contributed by atoms with van der Waals surface area (Å²) in [6, 6.07) is 0. The predicted octanol–water partition coefficient (Wildman–Crippen LogP) is 2.65. The molecular weight excluding hydrogens is 232 g/mol. The SMILES string of the molecule is CCCCOC(=O)C(OC)C(C)C(OC)C(C)C. The summed E-state index contributed by atoms with van der Waals surface area (Å²) in [5.74, 6) is 0.00127. The summed E-state index contributed by atoms with van der Waals surface area (Å²) in [6.45, 7) is 8.62. The highest BCUT2D eigenvalue weighted by Gasteiger charge is 2.33. The van der Waals surface area contributed by atoms with Crippen molar-refractivity contribution >= 4 is 5.97 Å². The highest BCUT2D eigenvalue weighted by Crippen LogP contribution is 2.21. The van der Waals surface area contributed by atoms with E-state index >= 15 is 0 Å². The van der Waals surface area contributed by atoms with Crippen molar-refractivity contribution in [3.8, 4) is 0 Å². The molecule has 0 aliphatic carbocycles. The first-order valence-corrected chi connectivity index (χ1v) is 6.71. The van der Waals surface area contributed by atoms with Gasteiger partial charge in [-0.15, -0.1) is 0 Å². The Bertz CT molecular complexity index is 228. The van der Waals surface area contributed by atoms with Crippen LogP contribution in [0, 0.1) is 11.8 Å². The van der Waals surface area contributed by atoms with Crippen LogP contribution < -0.4 is 0 Å². The van der Waals surface area contributed by atoms with E-state index in [4.69, 9.17) is 14.2 Å². The molecule has 0 aromatic heterocycles. The van der Waals surface area contributed by atoms with Crippen molar-refractivity contribution in [2.24, 2.45) is 11.8 Å². The fraction of sp³-hybridized carbons (Fsp3) is 0.929. The minimum Gasteiger partial charge on any atom is -0.464 e. The third-order valence-corrected chi connectivity index (χ3v) is 3.15. The van der Waals surface area contributed by atoms with Crippen molar-refractivity contribution in [3.63, 3.8) is 0 Å². The molecule has 0 aromatic rings. The normalized spacial score (nSPS) is 16.4. The first kappa shape index (κ1) is 17.4. The van der Waals surface area contributed by atoms with Gasteiger partial charge < -0.3 is 14.2 Å². The zero-order chi connectivity index (χ0) is 14.1. The second kappa shape index (κ2) is 9.34. The Morgan fingerprint density at radius 2 is 1.72 bits per heavy atom. The van der Waals surface area contributed by atoms with E-state index in [9.17, 15) is 4.79 Å². The van der Waals surface area contributed by atoms with E-state index in [0.29, 0.717) is 12.5 Å². The number of hydrogen-bond acceptors (Lipinski definition) is 4. The highest BCUT2D eigenvalue weighted by molar-refractivity contribution is 5.75. The van der Waals surface area contributed by atoms with Crippen molar-refractivity contribution in [2.75, 3.05) is 20.8 Å². The summed E-state index contributed by atoms with van der Waals surface area (Å²) in [6.07, 6.45) is 1.31. The molecule has 0 bridgehead atoms. The first-order valence-electron chi connectivity index (χ1n) is 6.71. The van der Waals surface area contributed by atoms with Crippen LogP contribution in [0.5, 0.6) is 0 Å².